The minimum atomic E-state index is -0.0369. The van der Waals surface area contributed by atoms with Crippen LogP contribution in [-0.2, 0) is 4.74 Å². The van der Waals surface area contributed by atoms with Crippen molar-refractivity contribution < 1.29 is 9.53 Å². The van der Waals surface area contributed by atoms with E-state index in [4.69, 9.17) is 10.5 Å². The Morgan fingerprint density at radius 3 is 3.06 bits per heavy atom. The van der Waals surface area contributed by atoms with Gasteiger partial charge < -0.3 is 19.9 Å². The molecule has 0 aliphatic carbocycles. The van der Waals surface area contributed by atoms with Crippen LogP contribution in [0.25, 0.3) is 0 Å². The van der Waals surface area contributed by atoms with Crippen LogP contribution in [0.1, 0.15) is 30.4 Å². The van der Waals surface area contributed by atoms with Crippen molar-refractivity contribution in [2.24, 2.45) is 5.73 Å². The zero-order chi connectivity index (χ0) is 13.1. The van der Waals surface area contributed by atoms with Crippen LogP contribution in [0.3, 0.4) is 0 Å². The highest BCUT2D eigenvalue weighted by Crippen LogP contribution is 2.15. The molecule has 5 heteroatoms. The fraction of sp³-hybridized carbons (Fsp3) is 0.615. The molecule has 1 atom stereocenters. The van der Waals surface area contributed by atoms with Crippen LogP contribution in [0.2, 0.25) is 0 Å². The summed E-state index contributed by atoms with van der Waals surface area (Å²) in [4.78, 5) is 14.3. The highest BCUT2D eigenvalue weighted by atomic mass is 16.5. The molecule has 2 heterocycles. The number of nitrogens with zero attached hydrogens (tertiary/aromatic N) is 2. The number of hydrogen-bond donors (Lipinski definition) is 1. The van der Waals surface area contributed by atoms with Gasteiger partial charge >= 0.3 is 0 Å². The van der Waals surface area contributed by atoms with Gasteiger partial charge in [0.25, 0.3) is 5.91 Å². The second kappa shape index (κ2) is 5.54. The highest BCUT2D eigenvalue weighted by molar-refractivity contribution is 5.93. The molecule has 0 spiro atoms. The topological polar surface area (TPSA) is 60.5 Å². The second-order valence-corrected chi connectivity index (χ2v) is 4.87. The van der Waals surface area contributed by atoms with E-state index < -0.39 is 0 Å². The molecule has 1 aromatic heterocycles. The summed E-state index contributed by atoms with van der Waals surface area (Å²) in [5.41, 5.74) is 6.33. The smallest absolute Gasteiger partial charge is 0.270 e. The van der Waals surface area contributed by atoms with Crippen molar-refractivity contribution in [2.75, 3.05) is 26.2 Å². The molecule has 1 aliphatic heterocycles. The average Bonchev–Trinajstić information content (AvgIpc) is 2.87. The molecule has 0 radical (unpaired) electrons. The lowest BCUT2D eigenvalue weighted by Gasteiger charge is -2.32. The van der Waals surface area contributed by atoms with Crippen molar-refractivity contribution in [1.29, 1.82) is 0 Å². The number of carbonyl (C=O) groups excluding carboxylic acids is 1. The molecule has 2 rings (SSSR count). The Morgan fingerprint density at radius 1 is 1.61 bits per heavy atom. The summed E-state index contributed by atoms with van der Waals surface area (Å²) >= 11 is 0. The number of hydrogen-bond acceptors (Lipinski definition) is 3. The van der Waals surface area contributed by atoms with Gasteiger partial charge in [-0.3, -0.25) is 4.79 Å². The van der Waals surface area contributed by atoms with Gasteiger partial charge in [-0.25, -0.2) is 0 Å². The van der Waals surface area contributed by atoms with Gasteiger partial charge in [-0.2, -0.15) is 0 Å². The van der Waals surface area contributed by atoms with Gasteiger partial charge in [0.1, 0.15) is 5.69 Å². The number of amides is 1. The molecule has 0 aromatic carbocycles. The van der Waals surface area contributed by atoms with Crippen LogP contribution in [0.4, 0.5) is 0 Å². The lowest BCUT2D eigenvalue weighted by atomic mass is 10.2. The molecule has 5 nitrogen and oxygen atoms in total. The van der Waals surface area contributed by atoms with E-state index in [0.717, 1.165) is 5.69 Å². The van der Waals surface area contributed by atoms with Crippen LogP contribution in [0, 0.1) is 0 Å². The SMILES string of the molecule is CC(C)n1cccc1C(=O)N1CCOC(CN)C1. The van der Waals surface area contributed by atoms with Crippen LogP contribution < -0.4 is 5.73 Å². The Balaban J connectivity index is 2.13. The summed E-state index contributed by atoms with van der Waals surface area (Å²) in [5.74, 6) is 0.0652. The minimum Gasteiger partial charge on any atom is -0.373 e. The predicted molar refractivity (Wildman–Crippen MR) is 69.5 cm³/mol. The van der Waals surface area contributed by atoms with Gasteiger partial charge in [-0.15, -0.1) is 0 Å². The Kier molecular flexibility index (Phi) is 4.04. The zero-order valence-electron chi connectivity index (χ0n) is 11.0. The van der Waals surface area contributed by atoms with Crippen LogP contribution in [-0.4, -0.2) is 47.7 Å². The molecule has 0 saturated carbocycles. The van der Waals surface area contributed by atoms with E-state index in [-0.39, 0.29) is 18.1 Å². The zero-order valence-corrected chi connectivity index (χ0v) is 11.0. The third kappa shape index (κ3) is 2.57. The van der Waals surface area contributed by atoms with Crippen molar-refractivity contribution >= 4 is 5.91 Å². The first kappa shape index (κ1) is 13.1. The summed E-state index contributed by atoms with van der Waals surface area (Å²) < 4.78 is 7.47. The Morgan fingerprint density at radius 2 is 2.39 bits per heavy atom. The van der Waals surface area contributed by atoms with Crippen molar-refractivity contribution in [3.05, 3.63) is 24.0 Å². The van der Waals surface area contributed by atoms with E-state index >= 15 is 0 Å². The molecular weight excluding hydrogens is 230 g/mol. The lowest BCUT2D eigenvalue weighted by molar-refractivity contribution is -0.0171. The largest absolute Gasteiger partial charge is 0.373 e. The second-order valence-electron chi connectivity index (χ2n) is 4.87. The lowest BCUT2D eigenvalue weighted by Crippen LogP contribution is -2.48. The van der Waals surface area contributed by atoms with Crippen molar-refractivity contribution in [2.45, 2.75) is 26.0 Å². The molecule has 18 heavy (non-hydrogen) atoms. The number of ether oxygens (including phenoxy) is 1. The summed E-state index contributed by atoms with van der Waals surface area (Å²) in [5, 5.41) is 0. The maximum Gasteiger partial charge on any atom is 0.270 e. The maximum atomic E-state index is 12.5. The Hall–Kier alpha value is -1.33. The normalized spacial score (nSPS) is 20.4. The summed E-state index contributed by atoms with van der Waals surface area (Å²) in [7, 11) is 0. The van der Waals surface area contributed by atoms with Crippen LogP contribution >= 0.6 is 0 Å². The highest BCUT2D eigenvalue weighted by Gasteiger charge is 2.25. The third-order valence-electron chi connectivity index (χ3n) is 3.24. The average molecular weight is 251 g/mol. The molecule has 1 unspecified atom stereocenters. The van der Waals surface area contributed by atoms with Crippen LogP contribution in [0.15, 0.2) is 18.3 Å². The number of carbonyl (C=O) groups is 1. The maximum absolute atomic E-state index is 12.5. The number of morpholine rings is 1. The first-order valence-electron chi connectivity index (χ1n) is 6.41. The molecular formula is C13H21N3O2. The molecule has 0 bridgehead atoms. The van der Waals surface area contributed by atoms with E-state index in [1.54, 1.807) is 0 Å². The third-order valence-corrected chi connectivity index (χ3v) is 3.24. The van der Waals surface area contributed by atoms with Gasteiger partial charge in [0, 0.05) is 31.9 Å². The van der Waals surface area contributed by atoms with Gasteiger partial charge in [0.15, 0.2) is 0 Å². The minimum absolute atomic E-state index is 0.0369. The quantitative estimate of drug-likeness (QED) is 0.867. The summed E-state index contributed by atoms with van der Waals surface area (Å²) in [6, 6.07) is 4.06. The molecule has 1 aliphatic rings. The van der Waals surface area contributed by atoms with Crippen molar-refractivity contribution in [3.8, 4) is 0 Å². The van der Waals surface area contributed by atoms with E-state index in [1.807, 2.05) is 27.8 Å². The fourth-order valence-corrected chi connectivity index (χ4v) is 2.23. The number of rotatable bonds is 3. The van der Waals surface area contributed by atoms with Gasteiger partial charge in [-0.05, 0) is 26.0 Å². The van der Waals surface area contributed by atoms with E-state index in [1.165, 1.54) is 0 Å². The van der Waals surface area contributed by atoms with E-state index in [0.29, 0.717) is 26.2 Å². The molecule has 1 saturated heterocycles. The number of nitrogens with two attached hydrogens (primary N) is 1. The first-order chi connectivity index (χ1) is 8.63. The van der Waals surface area contributed by atoms with Crippen molar-refractivity contribution in [1.82, 2.24) is 9.47 Å². The molecule has 2 N–H and O–H groups in total. The predicted octanol–water partition coefficient (Wildman–Crippen LogP) is 0.869. The van der Waals surface area contributed by atoms with Crippen LogP contribution in [0.5, 0.6) is 0 Å². The summed E-state index contributed by atoms with van der Waals surface area (Å²) in [6.07, 6.45) is 1.91. The monoisotopic (exact) mass is 251 g/mol. The van der Waals surface area contributed by atoms with Gasteiger partial charge in [0.2, 0.25) is 0 Å². The van der Waals surface area contributed by atoms with Gasteiger partial charge in [0.05, 0.1) is 12.7 Å². The van der Waals surface area contributed by atoms with Gasteiger partial charge in [-0.1, -0.05) is 0 Å². The molecule has 1 fully saturated rings. The molecule has 1 aromatic rings. The Labute approximate surface area is 108 Å². The molecule has 100 valence electrons. The Bertz CT molecular complexity index is 414. The fourth-order valence-electron chi connectivity index (χ4n) is 2.23. The molecule has 1 amide bonds. The summed E-state index contributed by atoms with van der Waals surface area (Å²) in [6.45, 7) is 6.37. The van der Waals surface area contributed by atoms with E-state index in [9.17, 15) is 4.79 Å². The van der Waals surface area contributed by atoms with Crippen molar-refractivity contribution in [3.63, 3.8) is 0 Å². The number of aromatic nitrogens is 1. The van der Waals surface area contributed by atoms with E-state index in [2.05, 4.69) is 13.8 Å². The standard InChI is InChI=1S/C13H21N3O2/c1-10(2)16-5-3-4-12(16)13(17)15-6-7-18-11(8-14)9-15/h3-5,10-11H,6-9,14H2,1-2H3. The first-order valence-corrected chi connectivity index (χ1v) is 6.41.